The molecule has 1 aliphatic heterocycles. The number of nitrogens with zero attached hydrogens (tertiary/aromatic N) is 3. The fourth-order valence-electron chi connectivity index (χ4n) is 4.62. The summed E-state index contributed by atoms with van der Waals surface area (Å²) in [5.74, 6) is -0.780. The Kier molecular flexibility index (Phi) is 7.49. The van der Waals surface area contributed by atoms with Crippen LogP contribution in [0, 0.1) is 0 Å². The second kappa shape index (κ2) is 10.6. The largest absolute Gasteiger partial charge is 0.484 e. The van der Waals surface area contributed by atoms with Crippen LogP contribution >= 0.6 is 0 Å². The van der Waals surface area contributed by atoms with E-state index in [1.54, 1.807) is 18.3 Å². The average Bonchev–Trinajstić information content (AvgIpc) is 2.86. The first-order valence-electron chi connectivity index (χ1n) is 11.6. The van der Waals surface area contributed by atoms with E-state index in [4.69, 9.17) is 4.74 Å². The van der Waals surface area contributed by atoms with Gasteiger partial charge in [0.2, 0.25) is 0 Å². The number of alkyl halides is 3. The molecule has 9 heteroatoms. The van der Waals surface area contributed by atoms with Gasteiger partial charge in [0, 0.05) is 43.4 Å². The number of carboxylic acids is 1. The topological polar surface area (TPSA) is 65.9 Å². The number of ether oxygens (including phenoxy) is 1. The lowest BCUT2D eigenvalue weighted by Crippen LogP contribution is -2.32. The highest BCUT2D eigenvalue weighted by Gasteiger charge is 2.28. The van der Waals surface area contributed by atoms with Gasteiger partial charge in [0.1, 0.15) is 5.75 Å². The number of aromatic nitrogens is 1. The summed E-state index contributed by atoms with van der Waals surface area (Å²) in [6, 6.07) is 14.5. The number of rotatable bonds is 8. The van der Waals surface area contributed by atoms with Crippen molar-refractivity contribution in [2.45, 2.75) is 31.5 Å². The molecule has 1 aliphatic rings. The smallest absolute Gasteiger partial charge is 0.422 e. The minimum Gasteiger partial charge on any atom is -0.484 e. The molecule has 0 spiro atoms. The number of benzene rings is 2. The number of aromatic carboxylic acids is 1. The SMILES string of the molecule is CN(c1ccc(OCC(F)(F)F)cc1)c1ccc2c(c1)CCN(C)[C@@H]2CCc1cnccc1C(=O)O. The Labute approximate surface area is 207 Å². The van der Waals surface area contributed by atoms with Crippen LogP contribution in [0.15, 0.2) is 60.9 Å². The molecule has 0 bridgehead atoms. The van der Waals surface area contributed by atoms with Crippen molar-refractivity contribution in [3.8, 4) is 5.75 Å². The molecule has 1 N–H and O–H groups in total. The predicted molar refractivity (Wildman–Crippen MR) is 131 cm³/mol. The molecule has 3 aromatic rings. The van der Waals surface area contributed by atoms with Gasteiger partial charge in [-0.15, -0.1) is 0 Å². The third-order valence-electron chi connectivity index (χ3n) is 6.59. The number of aryl methyl sites for hydroxylation is 1. The van der Waals surface area contributed by atoms with Gasteiger partial charge in [-0.25, -0.2) is 4.79 Å². The van der Waals surface area contributed by atoms with Crippen LogP contribution in [0.25, 0.3) is 0 Å². The van der Waals surface area contributed by atoms with Crippen molar-refractivity contribution in [3.05, 3.63) is 83.2 Å². The fourth-order valence-corrected chi connectivity index (χ4v) is 4.62. The summed E-state index contributed by atoms with van der Waals surface area (Å²) in [5.41, 5.74) is 5.27. The van der Waals surface area contributed by atoms with Crippen LogP contribution in [0.4, 0.5) is 24.5 Å². The molecule has 2 heterocycles. The normalized spacial score (nSPS) is 15.9. The van der Waals surface area contributed by atoms with E-state index in [0.29, 0.717) is 6.42 Å². The number of fused-ring (bicyclic) bond motifs is 1. The van der Waals surface area contributed by atoms with E-state index in [1.807, 2.05) is 18.0 Å². The summed E-state index contributed by atoms with van der Waals surface area (Å²) in [7, 11) is 3.99. The standard InChI is InChI=1S/C27H28F3N3O3/c1-32-14-12-18-15-21(33(2)20-4-7-22(8-5-20)36-17-27(28,29)30)6-9-23(18)25(32)10-3-19-16-31-13-11-24(19)26(34)35/h4-9,11,13,15-16,25H,3,10,12,14,17H2,1-2H3,(H,34,35)/t25-/m1/s1. The second-order valence-electron chi connectivity index (χ2n) is 8.96. The Bertz CT molecular complexity index is 1210. The molecule has 0 amide bonds. The zero-order valence-electron chi connectivity index (χ0n) is 20.1. The molecular formula is C27H28F3N3O3. The number of hydrogen-bond acceptors (Lipinski definition) is 5. The molecule has 1 atom stereocenters. The maximum Gasteiger partial charge on any atom is 0.422 e. The van der Waals surface area contributed by atoms with Crippen LogP contribution in [0.2, 0.25) is 0 Å². The van der Waals surface area contributed by atoms with Crippen molar-refractivity contribution in [3.63, 3.8) is 0 Å². The van der Waals surface area contributed by atoms with Crippen LogP contribution in [-0.4, -0.2) is 54.4 Å². The third kappa shape index (κ3) is 5.96. The lowest BCUT2D eigenvalue weighted by atomic mass is 9.88. The van der Waals surface area contributed by atoms with E-state index < -0.39 is 18.8 Å². The summed E-state index contributed by atoms with van der Waals surface area (Å²) in [4.78, 5) is 19.9. The van der Waals surface area contributed by atoms with Gasteiger partial charge in [0.05, 0.1) is 5.56 Å². The molecule has 0 saturated heterocycles. The molecular weight excluding hydrogens is 471 g/mol. The number of halogens is 3. The Hall–Kier alpha value is -3.59. The Morgan fingerprint density at radius 1 is 1.17 bits per heavy atom. The summed E-state index contributed by atoms with van der Waals surface area (Å²) >= 11 is 0. The summed E-state index contributed by atoms with van der Waals surface area (Å²) < 4.78 is 41.9. The van der Waals surface area contributed by atoms with Crippen LogP contribution in [0.3, 0.4) is 0 Å². The molecule has 2 aromatic carbocycles. The van der Waals surface area contributed by atoms with Gasteiger partial charge < -0.3 is 14.7 Å². The van der Waals surface area contributed by atoms with Crippen molar-refractivity contribution in [1.29, 1.82) is 0 Å². The average molecular weight is 500 g/mol. The maximum atomic E-state index is 12.4. The number of pyridine rings is 1. The van der Waals surface area contributed by atoms with Gasteiger partial charge in [0.25, 0.3) is 0 Å². The minimum atomic E-state index is -4.37. The first kappa shape index (κ1) is 25.5. The Morgan fingerprint density at radius 3 is 2.58 bits per heavy atom. The molecule has 0 saturated carbocycles. The zero-order chi connectivity index (χ0) is 25.9. The number of hydrogen-bond donors (Lipinski definition) is 1. The summed E-state index contributed by atoms with van der Waals surface area (Å²) in [5, 5.41) is 9.47. The number of carboxylic acid groups (broad SMARTS) is 1. The van der Waals surface area contributed by atoms with E-state index in [0.717, 1.165) is 36.3 Å². The quantitative estimate of drug-likeness (QED) is 0.432. The summed E-state index contributed by atoms with van der Waals surface area (Å²) in [6.45, 7) is -0.435. The van der Waals surface area contributed by atoms with E-state index in [-0.39, 0.29) is 17.4 Å². The highest BCUT2D eigenvalue weighted by molar-refractivity contribution is 5.89. The van der Waals surface area contributed by atoms with Crippen molar-refractivity contribution in [1.82, 2.24) is 9.88 Å². The third-order valence-corrected chi connectivity index (χ3v) is 6.59. The van der Waals surface area contributed by atoms with E-state index in [1.165, 1.54) is 35.5 Å². The van der Waals surface area contributed by atoms with Crippen molar-refractivity contribution in [2.75, 3.05) is 32.1 Å². The number of anilines is 2. The van der Waals surface area contributed by atoms with Crippen LogP contribution in [0.5, 0.6) is 5.75 Å². The molecule has 0 fully saturated rings. The van der Waals surface area contributed by atoms with E-state index in [2.05, 4.69) is 29.1 Å². The second-order valence-corrected chi connectivity index (χ2v) is 8.96. The van der Waals surface area contributed by atoms with Crippen molar-refractivity contribution < 1.29 is 27.8 Å². The predicted octanol–water partition coefficient (Wildman–Crippen LogP) is 5.65. The molecule has 36 heavy (non-hydrogen) atoms. The van der Waals surface area contributed by atoms with Gasteiger partial charge in [-0.3, -0.25) is 9.88 Å². The Morgan fingerprint density at radius 2 is 1.89 bits per heavy atom. The molecule has 0 radical (unpaired) electrons. The lowest BCUT2D eigenvalue weighted by molar-refractivity contribution is -0.153. The van der Waals surface area contributed by atoms with Crippen molar-refractivity contribution >= 4 is 17.3 Å². The molecule has 4 rings (SSSR count). The monoisotopic (exact) mass is 499 g/mol. The van der Waals surface area contributed by atoms with Crippen LogP contribution in [-0.2, 0) is 12.8 Å². The molecule has 0 unspecified atom stereocenters. The zero-order valence-corrected chi connectivity index (χ0v) is 20.1. The van der Waals surface area contributed by atoms with Crippen LogP contribution < -0.4 is 9.64 Å². The van der Waals surface area contributed by atoms with Gasteiger partial charge in [-0.1, -0.05) is 6.07 Å². The highest BCUT2D eigenvalue weighted by atomic mass is 19.4. The maximum absolute atomic E-state index is 12.4. The molecule has 6 nitrogen and oxygen atoms in total. The van der Waals surface area contributed by atoms with E-state index in [9.17, 15) is 23.1 Å². The highest BCUT2D eigenvalue weighted by Crippen LogP contribution is 2.36. The van der Waals surface area contributed by atoms with Crippen molar-refractivity contribution in [2.24, 2.45) is 0 Å². The fraction of sp³-hybridized carbons (Fsp3) is 0.333. The molecule has 190 valence electrons. The first-order valence-corrected chi connectivity index (χ1v) is 11.6. The van der Waals surface area contributed by atoms with E-state index >= 15 is 0 Å². The van der Waals surface area contributed by atoms with Crippen LogP contribution in [0.1, 0.15) is 39.5 Å². The lowest BCUT2D eigenvalue weighted by Gasteiger charge is -2.35. The van der Waals surface area contributed by atoms with Gasteiger partial charge in [0.15, 0.2) is 6.61 Å². The first-order chi connectivity index (χ1) is 17.1. The molecule has 0 aliphatic carbocycles. The van der Waals surface area contributed by atoms with Gasteiger partial charge in [-0.2, -0.15) is 13.2 Å². The number of likely N-dealkylation sites (N-methyl/N-ethyl adjacent to an activating group) is 1. The molecule has 1 aromatic heterocycles. The summed E-state index contributed by atoms with van der Waals surface area (Å²) in [6.07, 6.45) is 1.02. The van der Waals surface area contributed by atoms with Gasteiger partial charge >= 0.3 is 12.1 Å². The van der Waals surface area contributed by atoms with Gasteiger partial charge in [-0.05, 0) is 85.5 Å². The number of carbonyl (C=O) groups is 1. The minimum absolute atomic E-state index is 0.153. The Balaban J connectivity index is 1.48.